The van der Waals surface area contributed by atoms with E-state index in [9.17, 15) is 24.3 Å². The summed E-state index contributed by atoms with van der Waals surface area (Å²) in [6.07, 6.45) is 0.301. The first kappa shape index (κ1) is 48.1. The third-order valence-corrected chi connectivity index (χ3v) is 11.1. The van der Waals surface area contributed by atoms with Crippen molar-refractivity contribution in [2.45, 2.75) is 19.4 Å². The standard InChI is InChI=1S/C33H27NO5.C26H21NO5/c1-37-33(36)30-9-5-6-10-31(30)34-32(35)19-23-11-15-27(16-12-23)39-29-18-14-25-20-28(17-13-26(25)21-29)38-22-24-7-3-2-4-8-24;1-31-26(30)23-4-2-3-5-24(23)27-25(29)14-17-6-11-21(12-7-17)32-22-13-9-18-15-20(28)10-8-19(18)16-22/h2-18,20-21H,19,22H2,1H3,(H,34,35);2-13,15-16,28H,14H2,1H3,(H,27,29). The molecule has 0 aliphatic heterocycles. The molecule has 354 valence electrons. The van der Waals surface area contributed by atoms with Gasteiger partial charge in [0.15, 0.2) is 0 Å². The predicted octanol–water partition coefficient (Wildman–Crippen LogP) is 12.5. The van der Waals surface area contributed by atoms with E-state index in [1.165, 1.54) is 14.2 Å². The number of rotatable bonds is 15. The van der Waals surface area contributed by atoms with E-state index in [1.807, 2.05) is 127 Å². The van der Waals surface area contributed by atoms with E-state index in [0.29, 0.717) is 52.1 Å². The van der Waals surface area contributed by atoms with E-state index in [1.54, 1.807) is 72.8 Å². The lowest BCUT2D eigenvalue weighted by atomic mass is 10.1. The first-order valence-electron chi connectivity index (χ1n) is 22.5. The van der Waals surface area contributed by atoms with Gasteiger partial charge in [-0.05, 0) is 135 Å². The second-order valence-electron chi connectivity index (χ2n) is 16.2. The molecule has 71 heavy (non-hydrogen) atoms. The van der Waals surface area contributed by atoms with Gasteiger partial charge >= 0.3 is 11.9 Å². The number of phenolic OH excluding ortho intramolecular Hbond substituents is 1. The van der Waals surface area contributed by atoms with E-state index in [-0.39, 0.29) is 30.4 Å². The van der Waals surface area contributed by atoms with Crippen LogP contribution in [0.25, 0.3) is 21.5 Å². The molecule has 0 saturated carbocycles. The Kier molecular flexibility index (Phi) is 15.6. The summed E-state index contributed by atoms with van der Waals surface area (Å²) < 4.78 is 27.4. The van der Waals surface area contributed by atoms with E-state index < -0.39 is 11.9 Å². The number of anilines is 2. The van der Waals surface area contributed by atoms with Crippen LogP contribution >= 0.6 is 0 Å². The summed E-state index contributed by atoms with van der Waals surface area (Å²) in [6.45, 7) is 0.520. The van der Waals surface area contributed by atoms with Gasteiger partial charge in [0.1, 0.15) is 41.1 Å². The number of ether oxygens (including phenoxy) is 5. The van der Waals surface area contributed by atoms with Crippen LogP contribution in [0.1, 0.15) is 37.4 Å². The van der Waals surface area contributed by atoms with Gasteiger partial charge in [0.2, 0.25) is 11.8 Å². The average molecular weight is 945 g/mol. The van der Waals surface area contributed by atoms with Gasteiger partial charge in [-0.3, -0.25) is 9.59 Å². The molecule has 9 aromatic rings. The monoisotopic (exact) mass is 944 g/mol. The zero-order valence-electron chi connectivity index (χ0n) is 38.8. The Balaban J connectivity index is 0.000000194. The van der Waals surface area contributed by atoms with Gasteiger partial charge in [0.25, 0.3) is 0 Å². The fraction of sp³-hybridized carbons (Fsp3) is 0.0847. The average Bonchev–Trinajstić information content (AvgIpc) is 3.39. The summed E-state index contributed by atoms with van der Waals surface area (Å²) in [5.41, 5.74) is 4.18. The van der Waals surface area contributed by atoms with Crippen molar-refractivity contribution in [3.05, 3.63) is 228 Å². The number of hydrogen-bond donors (Lipinski definition) is 3. The molecule has 0 spiro atoms. The van der Waals surface area contributed by atoms with Gasteiger partial charge in [-0.25, -0.2) is 9.59 Å². The van der Waals surface area contributed by atoms with E-state index in [2.05, 4.69) is 10.6 Å². The number of hydrogen-bond acceptors (Lipinski definition) is 10. The Bertz CT molecular complexity index is 3320. The zero-order valence-corrected chi connectivity index (χ0v) is 38.8. The van der Waals surface area contributed by atoms with Crippen molar-refractivity contribution in [1.29, 1.82) is 0 Å². The molecule has 0 unspecified atom stereocenters. The maximum Gasteiger partial charge on any atom is 0.339 e. The van der Waals surface area contributed by atoms with Crippen molar-refractivity contribution in [2.24, 2.45) is 0 Å². The summed E-state index contributed by atoms with van der Waals surface area (Å²) >= 11 is 0. The summed E-state index contributed by atoms with van der Waals surface area (Å²) in [4.78, 5) is 48.8. The van der Waals surface area contributed by atoms with E-state index >= 15 is 0 Å². The summed E-state index contributed by atoms with van der Waals surface area (Å²) in [5, 5.41) is 19.1. The van der Waals surface area contributed by atoms with Crippen LogP contribution in [0.15, 0.2) is 200 Å². The molecule has 12 heteroatoms. The Hall–Kier alpha value is -9.42. The lowest BCUT2D eigenvalue weighted by molar-refractivity contribution is -0.116. The number of carbonyl (C=O) groups is 4. The fourth-order valence-electron chi connectivity index (χ4n) is 7.51. The maximum absolute atomic E-state index is 12.6. The molecule has 0 bridgehead atoms. The molecule has 0 atom stereocenters. The number of methoxy groups -OCH3 is 2. The van der Waals surface area contributed by atoms with Crippen LogP contribution in [-0.2, 0) is 38.5 Å². The minimum atomic E-state index is -0.507. The van der Waals surface area contributed by atoms with Crippen LogP contribution in [0, 0.1) is 0 Å². The van der Waals surface area contributed by atoms with Crippen LogP contribution < -0.4 is 24.8 Å². The third-order valence-electron chi connectivity index (χ3n) is 11.1. The summed E-state index contributed by atoms with van der Waals surface area (Å²) in [7, 11) is 2.61. The van der Waals surface area contributed by atoms with Crippen molar-refractivity contribution < 1.29 is 48.0 Å². The van der Waals surface area contributed by atoms with Crippen molar-refractivity contribution in [3.8, 4) is 34.5 Å². The topological polar surface area (TPSA) is 159 Å². The highest BCUT2D eigenvalue weighted by atomic mass is 16.5. The van der Waals surface area contributed by atoms with Gasteiger partial charge in [0, 0.05) is 0 Å². The van der Waals surface area contributed by atoms with Crippen molar-refractivity contribution in [2.75, 3.05) is 24.9 Å². The van der Waals surface area contributed by atoms with Crippen LogP contribution in [0.3, 0.4) is 0 Å². The van der Waals surface area contributed by atoms with Crippen molar-refractivity contribution in [3.63, 3.8) is 0 Å². The Labute approximate surface area is 410 Å². The molecule has 2 amide bonds. The number of carbonyl (C=O) groups excluding carboxylic acids is 4. The van der Waals surface area contributed by atoms with Crippen LogP contribution in [0.4, 0.5) is 11.4 Å². The molecular weight excluding hydrogens is 897 g/mol. The predicted molar refractivity (Wildman–Crippen MR) is 274 cm³/mol. The molecule has 9 rings (SSSR count). The number of benzene rings is 9. The normalized spacial score (nSPS) is 10.6. The Morgan fingerprint density at radius 3 is 1.28 bits per heavy atom. The Morgan fingerprint density at radius 2 is 0.803 bits per heavy atom. The van der Waals surface area contributed by atoms with Crippen molar-refractivity contribution >= 4 is 56.7 Å². The fourth-order valence-corrected chi connectivity index (χ4v) is 7.51. The Morgan fingerprint density at radius 1 is 0.408 bits per heavy atom. The summed E-state index contributed by atoms with van der Waals surface area (Å²) in [5.74, 6) is 2.24. The van der Waals surface area contributed by atoms with E-state index in [4.69, 9.17) is 23.7 Å². The SMILES string of the molecule is COC(=O)c1ccccc1NC(=O)Cc1ccc(Oc2ccc3cc(O)ccc3c2)cc1.COC(=O)c1ccccc1NC(=O)Cc1ccc(Oc2ccc3cc(OCc4ccccc4)ccc3c2)cc1. The first-order chi connectivity index (χ1) is 34.6. The number of amides is 2. The van der Waals surface area contributed by atoms with Crippen LogP contribution in [0.5, 0.6) is 34.5 Å². The largest absolute Gasteiger partial charge is 0.508 e. The highest BCUT2D eigenvalue weighted by Crippen LogP contribution is 2.30. The number of aromatic hydroxyl groups is 1. The quantitative estimate of drug-likeness (QED) is 0.0845. The van der Waals surface area contributed by atoms with Crippen LogP contribution in [0.2, 0.25) is 0 Å². The lowest BCUT2D eigenvalue weighted by Gasteiger charge is -2.11. The zero-order chi connectivity index (χ0) is 49.5. The second kappa shape index (κ2) is 23.1. The minimum Gasteiger partial charge on any atom is -0.508 e. The molecule has 0 aliphatic rings. The molecule has 0 aromatic heterocycles. The second-order valence-corrected chi connectivity index (χ2v) is 16.2. The number of para-hydroxylation sites is 2. The van der Waals surface area contributed by atoms with Crippen molar-refractivity contribution in [1.82, 2.24) is 0 Å². The molecule has 0 aliphatic carbocycles. The third kappa shape index (κ3) is 13.2. The highest BCUT2D eigenvalue weighted by molar-refractivity contribution is 6.02. The molecule has 0 saturated heterocycles. The number of phenols is 1. The summed E-state index contributed by atoms with van der Waals surface area (Å²) in [6, 6.07) is 60.8. The number of esters is 2. The molecule has 0 heterocycles. The van der Waals surface area contributed by atoms with Gasteiger partial charge < -0.3 is 39.4 Å². The smallest absolute Gasteiger partial charge is 0.339 e. The minimum absolute atomic E-state index is 0.148. The van der Waals surface area contributed by atoms with Gasteiger partial charge in [-0.15, -0.1) is 0 Å². The van der Waals surface area contributed by atoms with Gasteiger partial charge in [-0.2, -0.15) is 0 Å². The van der Waals surface area contributed by atoms with Crippen LogP contribution in [-0.4, -0.2) is 43.1 Å². The number of nitrogens with one attached hydrogen (secondary N) is 2. The molecular formula is C59H48N2O10. The number of fused-ring (bicyclic) bond motifs is 2. The first-order valence-corrected chi connectivity index (χ1v) is 22.5. The molecule has 12 nitrogen and oxygen atoms in total. The molecule has 9 aromatic carbocycles. The van der Waals surface area contributed by atoms with Gasteiger partial charge in [0.05, 0.1) is 49.6 Å². The van der Waals surface area contributed by atoms with E-state index in [0.717, 1.165) is 44.0 Å². The van der Waals surface area contributed by atoms with Gasteiger partial charge in [-0.1, -0.05) is 103 Å². The highest BCUT2D eigenvalue weighted by Gasteiger charge is 2.15. The molecule has 0 fully saturated rings. The molecule has 3 N–H and O–H groups in total. The molecule has 0 radical (unpaired) electrons. The maximum atomic E-state index is 12.6. The lowest BCUT2D eigenvalue weighted by Crippen LogP contribution is -2.17.